The molecule has 0 aliphatic rings. The quantitative estimate of drug-likeness (QED) is 0.396. The average molecular weight is 495 g/mol. The van der Waals surface area contributed by atoms with Crippen LogP contribution >= 0.6 is 27.5 Å². The third-order valence-corrected chi connectivity index (χ3v) is 5.50. The third kappa shape index (κ3) is 5.38. The lowest BCUT2D eigenvalue weighted by Crippen LogP contribution is -2.51. The first-order chi connectivity index (χ1) is 14.2. The molecule has 0 spiro atoms. The van der Waals surface area contributed by atoms with Gasteiger partial charge in [-0.3, -0.25) is 14.6 Å². The van der Waals surface area contributed by atoms with E-state index in [9.17, 15) is 14.0 Å². The molecule has 8 heteroatoms. The number of nitriles is 1. The van der Waals surface area contributed by atoms with E-state index in [2.05, 4.69) is 22.0 Å². The Morgan fingerprint density at radius 3 is 2.47 bits per heavy atom. The zero-order chi connectivity index (χ0) is 22.4. The van der Waals surface area contributed by atoms with Crippen molar-refractivity contribution >= 4 is 39.3 Å². The molecular weight excluding hydrogens is 473 g/mol. The van der Waals surface area contributed by atoms with Crippen LogP contribution in [0.15, 0.2) is 42.5 Å². The van der Waals surface area contributed by atoms with Gasteiger partial charge in [-0.2, -0.15) is 5.26 Å². The minimum atomic E-state index is -0.786. The summed E-state index contributed by atoms with van der Waals surface area (Å²) in [4.78, 5) is 26.4. The zero-order valence-electron chi connectivity index (χ0n) is 16.9. The van der Waals surface area contributed by atoms with Crippen molar-refractivity contribution in [2.24, 2.45) is 0 Å². The molecule has 0 fully saturated rings. The molecule has 0 saturated carbocycles. The second kappa shape index (κ2) is 10.6. The van der Waals surface area contributed by atoms with E-state index in [0.29, 0.717) is 12.0 Å². The first kappa shape index (κ1) is 23.8. The van der Waals surface area contributed by atoms with Gasteiger partial charge >= 0.3 is 0 Å². The molecular formula is C22H22BrClFN3O2. The van der Waals surface area contributed by atoms with Gasteiger partial charge in [0.25, 0.3) is 11.8 Å². The molecule has 0 radical (unpaired) electrons. The van der Waals surface area contributed by atoms with Gasteiger partial charge < -0.3 is 0 Å². The van der Waals surface area contributed by atoms with Gasteiger partial charge in [-0.05, 0) is 49.2 Å². The fraction of sp³-hybridized carbons (Fsp3) is 0.318. The summed E-state index contributed by atoms with van der Waals surface area (Å²) in [7, 11) is 1.50. The van der Waals surface area contributed by atoms with E-state index in [1.165, 1.54) is 35.3 Å². The van der Waals surface area contributed by atoms with Crippen LogP contribution in [0.2, 0.25) is 0 Å². The summed E-state index contributed by atoms with van der Waals surface area (Å²) in [6, 6.07) is 12.5. The molecule has 2 atom stereocenters. The first-order valence-corrected chi connectivity index (χ1v) is 10.7. The van der Waals surface area contributed by atoms with E-state index in [0.717, 1.165) is 5.56 Å². The van der Waals surface area contributed by atoms with Crippen LogP contribution < -0.4 is 0 Å². The fourth-order valence-electron chi connectivity index (χ4n) is 2.97. The van der Waals surface area contributed by atoms with Crippen molar-refractivity contribution < 1.29 is 14.0 Å². The van der Waals surface area contributed by atoms with Gasteiger partial charge in [-0.1, -0.05) is 35.0 Å². The van der Waals surface area contributed by atoms with E-state index in [-0.39, 0.29) is 29.5 Å². The van der Waals surface area contributed by atoms with Crippen molar-refractivity contribution in [1.29, 1.82) is 5.26 Å². The summed E-state index contributed by atoms with van der Waals surface area (Å²) in [6.07, 6.45) is 0.796. The first-order valence-electron chi connectivity index (χ1n) is 9.36. The Hall–Kier alpha value is -2.43. The number of alkyl halides is 2. The molecule has 5 nitrogen and oxygen atoms in total. The number of nitrogens with zero attached hydrogens (tertiary/aromatic N) is 3. The molecule has 0 N–H and O–H groups in total. The predicted molar refractivity (Wildman–Crippen MR) is 118 cm³/mol. The minimum Gasteiger partial charge on any atom is -0.267 e. The molecule has 0 saturated heterocycles. The highest BCUT2D eigenvalue weighted by molar-refractivity contribution is 9.09. The number of rotatable bonds is 6. The maximum absolute atomic E-state index is 13.9. The van der Waals surface area contributed by atoms with Crippen LogP contribution in [0.25, 0.3) is 0 Å². The highest BCUT2D eigenvalue weighted by Crippen LogP contribution is 2.30. The van der Waals surface area contributed by atoms with Crippen molar-refractivity contribution in [2.45, 2.75) is 37.0 Å². The Morgan fingerprint density at radius 1 is 1.20 bits per heavy atom. The van der Waals surface area contributed by atoms with Crippen LogP contribution in [0.3, 0.4) is 0 Å². The summed E-state index contributed by atoms with van der Waals surface area (Å²) in [5.74, 6) is -1.36. The molecule has 0 bridgehead atoms. The second-order valence-corrected chi connectivity index (χ2v) is 8.69. The fourth-order valence-corrected chi connectivity index (χ4v) is 3.49. The van der Waals surface area contributed by atoms with Crippen molar-refractivity contribution in [2.75, 3.05) is 7.05 Å². The second-order valence-electron chi connectivity index (χ2n) is 6.81. The van der Waals surface area contributed by atoms with Gasteiger partial charge in [0, 0.05) is 23.7 Å². The Bertz CT molecular complexity index is 977. The summed E-state index contributed by atoms with van der Waals surface area (Å²) in [5.41, 5.74) is 1.44. The molecule has 2 unspecified atom stereocenters. The summed E-state index contributed by atoms with van der Waals surface area (Å²) >= 11 is 9.04. The monoisotopic (exact) mass is 493 g/mol. The number of hydrogen-bond donors (Lipinski definition) is 0. The highest BCUT2D eigenvalue weighted by atomic mass is 79.9. The maximum Gasteiger partial charge on any atom is 0.272 e. The Morgan fingerprint density at radius 2 is 1.87 bits per heavy atom. The predicted octanol–water partition coefficient (Wildman–Crippen LogP) is 5.45. The average Bonchev–Trinajstić information content (AvgIpc) is 2.73. The summed E-state index contributed by atoms with van der Waals surface area (Å²) < 4.78 is 13.2. The maximum atomic E-state index is 13.9. The number of hydrazine groups is 1. The smallest absolute Gasteiger partial charge is 0.267 e. The molecule has 2 aromatic rings. The number of halogens is 3. The summed E-state index contributed by atoms with van der Waals surface area (Å²) in [5, 5.41) is 11.5. The van der Waals surface area contributed by atoms with Gasteiger partial charge in [0.2, 0.25) is 0 Å². The van der Waals surface area contributed by atoms with Gasteiger partial charge in [-0.15, -0.1) is 11.6 Å². The van der Waals surface area contributed by atoms with E-state index in [1.807, 2.05) is 13.8 Å². The number of amides is 2. The lowest BCUT2D eigenvalue weighted by atomic mass is 10.1. The van der Waals surface area contributed by atoms with Gasteiger partial charge in [-0.25, -0.2) is 9.40 Å². The van der Waals surface area contributed by atoms with E-state index in [4.69, 9.17) is 16.9 Å². The van der Waals surface area contributed by atoms with E-state index >= 15 is 0 Å². The number of benzene rings is 2. The molecule has 0 heterocycles. The van der Waals surface area contributed by atoms with E-state index in [1.54, 1.807) is 24.3 Å². The Kier molecular flexibility index (Phi) is 8.39. The molecule has 0 aliphatic heterocycles. The van der Waals surface area contributed by atoms with Gasteiger partial charge in [0.05, 0.1) is 18.5 Å². The zero-order valence-corrected chi connectivity index (χ0v) is 19.2. The molecule has 30 heavy (non-hydrogen) atoms. The van der Waals surface area contributed by atoms with Crippen molar-refractivity contribution in [3.8, 4) is 6.07 Å². The normalized spacial score (nSPS) is 12.6. The van der Waals surface area contributed by atoms with Crippen LogP contribution in [0, 0.1) is 17.1 Å². The Balaban J connectivity index is 2.40. The standard InChI is InChI=1S/C22H22BrClFN3O2/c1-4-14(2)28(22(30)16-7-5-6-15(12-16)10-11-26)27(3)21(29)17-8-9-19(25)18(13-17)20(23)24/h5-9,12-14,20H,4,10H2,1-3H3. The lowest BCUT2D eigenvalue weighted by Gasteiger charge is -2.36. The molecule has 0 aliphatic carbocycles. The van der Waals surface area contributed by atoms with Gasteiger partial charge in [0.1, 0.15) is 10.1 Å². The topological polar surface area (TPSA) is 64.4 Å². The van der Waals surface area contributed by atoms with Crippen LogP contribution in [-0.4, -0.2) is 34.9 Å². The number of carbonyl (C=O) groups excluding carboxylic acids is 2. The summed E-state index contributed by atoms with van der Waals surface area (Å²) in [6.45, 7) is 3.75. The van der Waals surface area contributed by atoms with E-state index < -0.39 is 16.0 Å². The van der Waals surface area contributed by atoms with Crippen molar-refractivity contribution in [1.82, 2.24) is 10.0 Å². The van der Waals surface area contributed by atoms with Crippen LogP contribution in [0.5, 0.6) is 0 Å². The van der Waals surface area contributed by atoms with Crippen molar-refractivity contribution in [3.63, 3.8) is 0 Å². The molecule has 0 aromatic heterocycles. The molecule has 2 amide bonds. The molecule has 2 rings (SSSR count). The number of carbonyl (C=O) groups is 2. The van der Waals surface area contributed by atoms with Crippen LogP contribution in [0.4, 0.5) is 4.39 Å². The van der Waals surface area contributed by atoms with Gasteiger partial charge in [0.15, 0.2) is 0 Å². The lowest BCUT2D eigenvalue weighted by molar-refractivity contribution is -0.00881. The van der Waals surface area contributed by atoms with Crippen molar-refractivity contribution in [3.05, 3.63) is 70.5 Å². The minimum absolute atomic E-state index is 0.140. The Labute approximate surface area is 189 Å². The largest absolute Gasteiger partial charge is 0.272 e. The number of hydrogen-bond acceptors (Lipinski definition) is 3. The third-order valence-electron chi connectivity index (χ3n) is 4.77. The molecule has 158 valence electrons. The highest BCUT2D eigenvalue weighted by Gasteiger charge is 2.29. The van der Waals surface area contributed by atoms with Crippen LogP contribution in [-0.2, 0) is 6.42 Å². The molecule has 2 aromatic carbocycles. The van der Waals surface area contributed by atoms with Crippen LogP contribution in [0.1, 0.15) is 56.4 Å². The SMILES string of the molecule is CCC(C)N(C(=O)c1cccc(CC#N)c1)N(C)C(=O)c1ccc(F)c(C(Cl)Br)c1.